The summed E-state index contributed by atoms with van der Waals surface area (Å²) in [6.07, 6.45) is 13.2. The van der Waals surface area contributed by atoms with E-state index in [0.717, 1.165) is 36.8 Å². The third-order valence-electron chi connectivity index (χ3n) is 6.94. The smallest absolute Gasteiger partial charge is 0.142 e. The zero-order valence-corrected chi connectivity index (χ0v) is 26.9. The molecule has 41 heavy (non-hydrogen) atoms. The maximum Gasteiger partial charge on any atom is 0.142 e. The molecule has 1 saturated carbocycles. The first-order valence-electron chi connectivity index (χ1n) is 14.6. The summed E-state index contributed by atoms with van der Waals surface area (Å²) < 4.78 is 16.5. The van der Waals surface area contributed by atoms with Gasteiger partial charge in [-0.3, -0.25) is 9.88 Å². The third-order valence-corrected chi connectivity index (χ3v) is 7.82. The highest BCUT2D eigenvalue weighted by Gasteiger charge is 2.22. The summed E-state index contributed by atoms with van der Waals surface area (Å²) in [5.41, 5.74) is 2.63. The van der Waals surface area contributed by atoms with E-state index < -0.39 is 0 Å². The Hall–Kier alpha value is -2.15. The van der Waals surface area contributed by atoms with Gasteiger partial charge in [0.2, 0.25) is 0 Å². The number of ether oxygens (including phenoxy) is 3. The molecule has 0 aliphatic heterocycles. The van der Waals surface area contributed by atoms with Crippen molar-refractivity contribution in [3.05, 3.63) is 84.8 Å². The number of nitrogens with one attached hydrogen (secondary N) is 1. The molecular weight excluding hydrogens is 553 g/mol. The number of rotatable bonds is 16. The predicted octanol–water partition coefficient (Wildman–Crippen LogP) is 7.89. The van der Waals surface area contributed by atoms with E-state index in [4.69, 9.17) is 19.0 Å². The van der Waals surface area contributed by atoms with Crippen LogP contribution in [0, 0.1) is 11.8 Å². The number of hydrogen-bond acceptors (Lipinski definition) is 7. The second-order valence-electron chi connectivity index (χ2n) is 9.68. The number of benzene rings is 2. The van der Waals surface area contributed by atoms with Crippen molar-refractivity contribution in [2.24, 2.45) is 11.8 Å². The minimum absolute atomic E-state index is 0.152. The maximum atomic E-state index is 9.37. The zero-order chi connectivity index (χ0) is 30.1. The molecule has 6 nitrogen and oxygen atoms in total. The molecule has 2 atom stereocenters. The maximum absolute atomic E-state index is 9.37. The molecule has 228 valence electrons. The summed E-state index contributed by atoms with van der Waals surface area (Å²) in [5, 5.41) is 12.7. The van der Waals surface area contributed by atoms with E-state index in [1.807, 2.05) is 38.1 Å². The van der Waals surface area contributed by atoms with Crippen LogP contribution >= 0.6 is 20.2 Å². The highest BCUT2D eigenvalue weighted by atomic mass is 32.7. The van der Waals surface area contributed by atoms with Crippen molar-refractivity contribution >= 4 is 26.5 Å². The number of methoxy groups -OCH3 is 1. The SMILES string of the molecule is C=CC=O.CC.COCC(CO)CCc1ccc(O/C=C\Oc2ccc(C3CCC(CCNPS)CC3)cc2)cc1. The van der Waals surface area contributed by atoms with Crippen LogP contribution in [0.25, 0.3) is 0 Å². The van der Waals surface area contributed by atoms with Gasteiger partial charge in [0.1, 0.15) is 30.3 Å². The predicted molar refractivity (Wildman–Crippen MR) is 176 cm³/mol. The monoisotopic (exact) mass is 603 g/mol. The first-order valence-corrected chi connectivity index (χ1v) is 16.9. The number of aliphatic hydroxyl groups is 1. The van der Waals surface area contributed by atoms with Gasteiger partial charge in [0.05, 0.1) is 6.61 Å². The number of carbonyl (C=O) groups excluding carboxylic acids is 1. The Kier molecular flexibility index (Phi) is 22.0. The molecule has 0 aromatic heterocycles. The summed E-state index contributed by atoms with van der Waals surface area (Å²) in [6, 6.07) is 16.5. The van der Waals surface area contributed by atoms with Crippen LogP contribution in [0.2, 0.25) is 0 Å². The highest BCUT2D eigenvalue weighted by molar-refractivity contribution is 8.37. The summed E-state index contributed by atoms with van der Waals surface area (Å²) in [5.74, 6) is 3.27. The molecule has 1 fully saturated rings. The molecule has 2 unspecified atom stereocenters. The lowest BCUT2D eigenvalue weighted by Gasteiger charge is -2.29. The Labute approximate surface area is 254 Å². The van der Waals surface area contributed by atoms with E-state index in [-0.39, 0.29) is 12.5 Å². The molecule has 0 radical (unpaired) electrons. The van der Waals surface area contributed by atoms with Crippen molar-refractivity contribution in [3.63, 3.8) is 0 Å². The molecule has 2 aromatic carbocycles. The minimum Gasteiger partial charge on any atom is -0.462 e. The van der Waals surface area contributed by atoms with Crippen LogP contribution in [-0.4, -0.2) is 38.3 Å². The highest BCUT2D eigenvalue weighted by Crippen LogP contribution is 2.37. The molecule has 1 aliphatic carbocycles. The lowest BCUT2D eigenvalue weighted by atomic mass is 9.77. The molecule has 1 aliphatic rings. The fourth-order valence-corrected chi connectivity index (χ4v) is 5.31. The normalized spacial score (nSPS) is 17.2. The van der Waals surface area contributed by atoms with E-state index in [2.05, 4.69) is 48.2 Å². The Morgan fingerprint density at radius 1 is 1.02 bits per heavy atom. The van der Waals surface area contributed by atoms with E-state index >= 15 is 0 Å². The van der Waals surface area contributed by atoms with Crippen molar-refractivity contribution in [1.29, 1.82) is 0 Å². The number of thiol groups is 1. The van der Waals surface area contributed by atoms with Gasteiger partial charge >= 0.3 is 0 Å². The second-order valence-corrected chi connectivity index (χ2v) is 10.9. The van der Waals surface area contributed by atoms with Crippen molar-refractivity contribution in [2.75, 3.05) is 26.9 Å². The Morgan fingerprint density at radius 2 is 1.59 bits per heavy atom. The standard InChI is InChI=1S/C28H40NO4PS.C3H4O.C2H6/c1-31-21-24(20-30)3-2-22-6-12-27(13-7-22)32-18-19-33-28-14-10-26(11-15-28)25-8-4-23(5-9-25)16-17-29-34-35;1-2-3-4;1-2/h6-7,10-15,18-19,23-25,29-30,34-35H,2-5,8-9,16-17,20-21H2,1H3;2-3H,1H2;1-2H3/b19-18-;;. The largest absolute Gasteiger partial charge is 0.462 e. The van der Waals surface area contributed by atoms with Gasteiger partial charge in [-0.1, -0.05) is 44.7 Å². The summed E-state index contributed by atoms with van der Waals surface area (Å²) in [4.78, 5) is 9.06. The van der Waals surface area contributed by atoms with Crippen molar-refractivity contribution in [1.82, 2.24) is 5.09 Å². The number of carbonyl (C=O) groups is 1. The summed E-state index contributed by atoms with van der Waals surface area (Å²) in [7, 11) is 2.22. The summed E-state index contributed by atoms with van der Waals surface area (Å²) >= 11 is 4.24. The Bertz CT molecular complexity index is 941. The van der Waals surface area contributed by atoms with Crippen LogP contribution in [0.4, 0.5) is 0 Å². The Balaban J connectivity index is 0.00000129. The van der Waals surface area contributed by atoms with Gasteiger partial charge in [-0.2, -0.15) is 0 Å². The van der Waals surface area contributed by atoms with E-state index in [0.29, 0.717) is 26.7 Å². The van der Waals surface area contributed by atoms with Gasteiger partial charge in [-0.25, -0.2) is 0 Å². The fraction of sp³-hybridized carbons (Fsp3) is 0.485. The number of aryl methyl sites for hydroxylation is 1. The van der Waals surface area contributed by atoms with Gasteiger partial charge < -0.3 is 19.3 Å². The molecule has 0 amide bonds. The van der Waals surface area contributed by atoms with Crippen molar-refractivity contribution in [2.45, 2.75) is 64.7 Å². The number of aliphatic hydroxyl groups excluding tert-OH is 1. The molecule has 0 saturated heterocycles. The molecule has 2 N–H and O–H groups in total. The lowest BCUT2D eigenvalue weighted by Crippen LogP contribution is -2.16. The van der Waals surface area contributed by atoms with Gasteiger partial charge in [-0.15, -0.1) is 12.2 Å². The van der Waals surface area contributed by atoms with Gasteiger partial charge in [0.15, 0.2) is 0 Å². The first kappa shape index (κ1) is 36.9. The zero-order valence-electron chi connectivity index (χ0n) is 25.0. The van der Waals surface area contributed by atoms with Crippen LogP contribution in [0.3, 0.4) is 0 Å². The molecule has 0 spiro atoms. The molecule has 8 heteroatoms. The van der Waals surface area contributed by atoms with Crippen LogP contribution in [0.15, 0.2) is 73.7 Å². The van der Waals surface area contributed by atoms with E-state index in [9.17, 15) is 5.11 Å². The van der Waals surface area contributed by atoms with E-state index in [1.165, 1.54) is 49.3 Å². The number of aldehydes is 1. The average Bonchev–Trinajstić information content (AvgIpc) is 3.04. The average molecular weight is 604 g/mol. The first-order chi connectivity index (χ1) is 20.1. The molecular formula is C33H50NO5PS. The summed E-state index contributed by atoms with van der Waals surface area (Å²) in [6.45, 7) is 8.94. The molecule has 0 heterocycles. The van der Waals surface area contributed by atoms with E-state index in [1.54, 1.807) is 19.6 Å². The van der Waals surface area contributed by atoms with Crippen LogP contribution in [-0.2, 0) is 16.0 Å². The number of hydrogen-bond donors (Lipinski definition) is 3. The van der Waals surface area contributed by atoms with Crippen LogP contribution in [0.1, 0.15) is 69.4 Å². The van der Waals surface area contributed by atoms with Gasteiger partial charge in [0, 0.05) is 27.6 Å². The van der Waals surface area contributed by atoms with Gasteiger partial charge in [0.25, 0.3) is 0 Å². The van der Waals surface area contributed by atoms with Crippen LogP contribution < -0.4 is 14.6 Å². The Morgan fingerprint density at radius 3 is 2.07 bits per heavy atom. The molecule has 0 bridgehead atoms. The van der Waals surface area contributed by atoms with Crippen molar-refractivity contribution in [3.8, 4) is 11.5 Å². The topological polar surface area (TPSA) is 77.0 Å². The molecule has 2 aromatic rings. The lowest BCUT2D eigenvalue weighted by molar-refractivity contribution is -0.104. The molecule has 3 rings (SSSR count). The van der Waals surface area contributed by atoms with Crippen molar-refractivity contribution < 1.29 is 24.1 Å². The van der Waals surface area contributed by atoms with Crippen LogP contribution in [0.5, 0.6) is 11.5 Å². The van der Waals surface area contributed by atoms with Gasteiger partial charge in [-0.05, 0) is 105 Å². The second kappa shape index (κ2) is 24.4. The third kappa shape index (κ3) is 16.2. The fourth-order valence-electron chi connectivity index (χ4n) is 4.72. The quantitative estimate of drug-likeness (QED) is 0.0452. The minimum atomic E-state index is 0.152. The number of allylic oxidation sites excluding steroid dienone is 1.